The topological polar surface area (TPSA) is 76.1 Å². The number of nitrogens with one attached hydrogen (secondary N) is 1. The molecule has 1 amide bonds. The SMILES string of the molecule is CS(=O)(=O)c1ccc(C(SC2CCCC2)C(=O)Nc2nccs2)cc1. The molecule has 1 aromatic carbocycles. The number of nitrogens with zero attached hydrogens (tertiary/aromatic N) is 1. The van der Waals surface area contributed by atoms with Crippen molar-refractivity contribution in [1.82, 2.24) is 4.98 Å². The minimum atomic E-state index is -3.24. The van der Waals surface area contributed by atoms with Gasteiger partial charge in [0.05, 0.1) is 4.90 Å². The average molecular weight is 397 g/mol. The Labute approximate surface area is 156 Å². The number of sulfone groups is 1. The summed E-state index contributed by atoms with van der Waals surface area (Å²) < 4.78 is 23.3. The molecule has 0 radical (unpaired) electrons. The molecule has 1 N–H and O–H groups in total. The summed E-state index contributed by atoms with van der Waals surface area (Å²) in [5.41, 5.74) is 0.818. The largest absolute Gasteiger partial charge is 0.301 e. The highest BCUT2D eigenvalue weighted by molar-refractivity contribution is 8.00. The number of hydrogen-bond acceptors (Lipinski definition) is 6. The first kappa shape index (κ1) is 18.4. The van der Waals surface area contributed by atoms with E-state index in [0.29, 0.717) is 10.4 Å². The standard InChI is InChI=1S/C17H20N2O3S3/c1-25(21,22)14-8-6-12(7-9-14)15(24-13-4-2-3-5-13)16(20)19-17-18-10-11-23-17/h6-11,13,15H,2-5H2,1H3,(H,18,19,20). The van der Waals surface area contributed by atoms with Crippen molar-refractivity contribution in [3.63, 3.8) is 0 Å². The van der Waals surface area contributed by atoms with Crippen LogP contribution in [0.2, 0.25) is 0 Å². The van der Waals surface area contributed by atoms with Crippen LogP contribution in [0.1, 0.15) is 36.5 Å². The first-order chi connectivity index (χ1) is 11.9. The Kier molecular flexibility index (Phi) is 5.81. The van der Waals surface area contributed by atoms with Gasteiger partial charge in [-0.25, -0.2) is 13.4 Å². The van der Waals surface area contributed by atoms with Gasteiger partial charge in [0.2, 0.25) is 5.91 Å². The van der Waals surface area contributed by atoms with Gasteiger partial charge in [-0.05, 0) is 30.5 Å². The first-order valence-corrected chi connectivity index (χ1v) is 11.8. The fourth-order valence-electron chi connectivity index (χ4n) is 2.85. The Bertz CT molecular complexity index is 811. The molecule has 25 heavy (non-hydrogen) atoms. The third-order valence-electron chi connectivity index (χ3n) is 4.14. The summed E-state index contributed by atoms with van der Waals surface area (Å²) in [6.45, 7) is 0. The second kappa shape index (κ2) is 7.88. The lowest BCUT2D eigenvalue weighted by Crippen LogP contribution is -2.20. The molecule has 0 aliphatic heterocycles. The summed E-state index contributed by atoms with van der Waals surface area (Å²) in [6, 6.07) is 6.63. The highest BCUT2D eigenvalue weighted by Crippen LogP contribution is 2.40. The van der Waals surface area contributed by atoms with Gasteiger partial charge in [-0.2, -0.15) is 0 Å². The van der Waals surface area contributed by atoms with E-state index in [-0.39, 0.29) is 16.1 Å². The maximum atomic E-state index is 12.8. The van der Waals surface area contributed by atoms with E-state index in [9.17, 15) is 13.2 Å². The molecule has 1 unspecified atom stereocenters. The highest BCUT2D eigenvalue weighted by atomic mass is 32.2. The monoisotopic (exact) mass is 396 g/mol. The van der Waals surface area contributed by atoms with E-state index in [1.54, 1.807) is 42.2 Å². The molecule has 2 aromatic rings. The number of thiazole rings is 1. The average Bonchev–Trinajstić information content (AvgIpc) is 3.25. The lowest BCUT2D eigenvalue weighted by atomic mass is 10.1. The number of thioether (sulfide) groups is 1. The molecule has 1 aliphatic carbocycles. The maximum absolute atomic E-state index is 12.8. The van der Waals surface area contributed by atoms with Gasteiger partial charge < -0.3 is 5.32 Å². The molecule has 5 nitrogen and oxygen atoms in total. The Morgan fingerprint density at radius 2 is 1.96 bits per heavy atom. The van der Waals surface area contributed by atoms with Gasteiger partial charge in [0.1, 0.15) is 5.25 Å². The number of hydrogen-bond donors (Lipinski definition) is 1. The van der Waals surface area contributed by atoms with Crippen LogP contribution >= 0.6 is 23.1 Å². The highest BCUT2D eigenvalue weighted by Gasteiger charge is 2.28. The molecule has 1 atom stereocenters. The summed E-state index contributed by atoms with van der Waals surface area (Å²) in [7, 11) is -3.24. The van der Waals surface area contributed by atoms with Crippen LogP contribution in [0.5, 0.6) is 0 Å². The van der Waals surface area contributed by atoms with E-state index in [4.69, 9.17) is 0 Å². The zero-order valence-corrected chi connectivity index (χ0v) is 16.3. The molecule has 8 heteroatoms. The molecule has 1 aromatic heterocycles. The van der Waals surface area contributed by atoms with Crippen molar-refractivity contribution in [2.45, 2.75) is 41.1 Å². The molecule has 134 valence electrons. The van der Waals surface area contributed by atoms with Gasteiger partial charge in [-0.15, -0.1) is 23.1 Å². The van der Waals surface area contributed by atoms with E-state index in [1.165, 1.54) is 30.4 Å². The summed E-state index contributed by atoms with van der Waals surface area (Å²) in [4.78, 5) is 17.2. The van der Waals surface area contributed by atoms with Crippen LogP contribution in [0, 0.1) is 0 Å². The molecular formula is C17H20N2O3S3. The molecular weight excluding hydrogens is 376 g/mol. The van der Waals surface area contributed by atoms with Crippen molar-refractivity contribution < 1.29 is 13.2 Å². The fraction of sp³-hybridized carbons (Fsp3) is 0.412. The number of aromatic nitrogens is 1. The molecule has 1 saturated carbocycles. The molecule has 0 spiro atoms. The second-order valence-corrected chi connectivity index (χ2v) is 10.4. The predicted octanol–water partition coefficient (Wildman–Crippen LogP) is 3.90. The first-order valence-electron chi connectivity index (χ1n) is 8.09. The molecule has 1 fully saturated rings. The zero-order valence-electron chi connectivity index (χ0n) is 13.8. The molecule has 1 aliphatic rings. The summed E-state index contributed by atoms with van der Waals surface area (Å²) in [5, 5.41) is 5.35. The van der Waals surface area contributed by atoms with Crippen LogP contribution in [0.25, 0.3) is 0 Å². The Balaban J connectivity index is 1.83. The van der Waals surface area contributed by atoms with Crippen LogP contribution in [-0.4, -0.2) is 30.8 Å². The van der Waals surface area contributed by atoms with Crippen LogP contribution in [-0.2, 0) is 14.6 Å². The van der Waals surface area contributed by atoms with Crippen molar-refractivity contribution in [1.29, 1.82) is 0 Å². The van der Waals surface area contributed by atoms with Gasteiger partial charge >= 0.3 is 0 Å². The normalized spacial score (nSPS) is 16.7. The molecule has 3 rings (SSSR count). The van der Waals surface area contributed by atoms with Crippen LogP contribution < -0.4 is 5.32 Å². The van der Waals surface area contributed by atoms with Crippen LogP contribution in [0.15, 0.2) is 40.7 Å². The summed E-state index contributed by atoms with van der Waals surface area (Å²) >= 11 is 3.04. The van der Waals surface area contributed by atoms with Crippen molar-refractivity contribution >= 4 is 44.0 Å². The van der Waals surface area contributed by atoms with E-state index >= 15 is 0 Å². The van der Waals surface area contributed by atoms with E-state index in [0.717, 1.165) is 18.4 Å². The van der Waals surface area contributed by atoms with E-state index in [2.05, 4.69) is 10.3 Å². The Hall–Kier alpha value is -1.38. The van der Waals surface area contributed by atoms with E-state index < -0.39 is 9.84 Å². The van der Waals surface area contributed by atoms with Crippen LogP contribution in [0.4, 0.5) is 5.13 Å². The lowest BCUT2D eigenvalue weighted by Gasteiger charge is -2.20. The summed E-state index contributed by atoms with van der Waals surface area (Å²) in [6.07, 6.45) is 7.47. The number of carbonyl (C=O) groups is 1. The van der Waals surface area contributed by atoms with Gasteiger partial charge in [0.15, 0.2) is 15.0 Å². The van der Waals surface area contributed by atoms with Crippen LogP contribution in [0.3, 0.4) is 0 Å². The zero-order chi connectivity index (χ0) is 17.9. The van der Waals surface area contributed by atoms with Gasteiger partial charge in [0, 0.05) is 23.1 Å². The lowest BCUT2D eigenvalue weighted by molar-refractivity contribution is -0.115. The smallest absolute Gasteiger partial charge is 0.243 e. The Morgan fingerprint density at radius 3 is 2.52 bits per heavy atom. The Morgan fingerprint density at radius 1 is 1.28 bits per heavy atom. The quantitative estimate of drug-likeness (QED) is 0.801. The predicted molar refractivity (Wildman–Crippen MR) is 103 cm³/mol. The number of benzene rings is 1. The molecule has 1 heterocycles. The number of carbonyl (C=O) groups excluding carboxylic acids is 1. The number of anilines is 1. The van der Waals surface area contributed by atoms with Crippen molar-refractivity contribution in [2.75, 3.05) is 11.6 Å². The number of rotatable bonds is 6. The third kappa shape index (κ3) is 4.83. The van der Waals surface area contributed by atoms with E-state index in [1.807, 2.05) is 5.38 Å². The van der Waals surface area contributed by atoms with Crippen molar-refractivity contribution in [2.24, 2.45) is 0 Å². The van der Waals surface area contributed by atoms with Crippen molar-refractivity contribution in [3.05, 3.63) is 41.4 Å². The maximum Gasteiger partial charge on any atom is 0.243 e. The van der Waals surface area contributed by atoms with Gasteiger partial charge in [-0.3, -0.25) is 4.79 Å². The van der Waals surface area contributed by atoms with Crippen molar-refractivity contribution in [3.8, 4) is 0 Å². The fourth-order valence-corrected chi connectivity index (χ4v) is 5.50. The minimum Gasteiger partial charge on any atom is -0.301 e. The molecule has 0 saturated heterocycles. The second-order valence-electron chi connectivity index (χ2n) is 6.09. The number of amides is 1. The molecule has 0 bridgehead atoms. The minimum absolute atomic E-state index is 0.112. The summed E-state index contributed by atoms with van der Waals surface area (Å²) in [5.74, 6) is -0.112. The van der Waals surface area contributed by atoms with Gasteiger partial charge in [-0.1, -0.05) is 25.0 Å². The van der Waals surface area contributed by atoms with Gasteiger partial charge in [0.25, 0.3) is 0 Å². The third-order valence-corrected chi connectivity index (χ3v) is 7.57.